The number of carbonyl (C=O) groups excluding carboxylic acids is 1. The molecule has 4 aliphatic rings. The van der Waals surface area contributed by atoms with Gasteiger partial charge >= 0.3 is 0 Å². The maximum absolute atomic E-state index is 12.3. The predicted octanol–water partition coefficient (Wildman–Crippen LogP) is 5.73. The van der Waals surface area contributed by atoms with Gasteiger partial charge in [0, 0.05) is 5.92 Å². The van der Waals surface area contributed by atoms with E-state index in [1.165, 1.54) is 51.4 Å². The molecule has 0 saturated heterocycles. The second-order valence-corrected chi connectivity index (χ2v) is 10.2. The van der Waals surface area contributed by atoms with Gasteiger partial charge in [0.1, 0.15) is 5.78 Å². The summed E-state index contributed by atoms with van der Waals surface area (Å²) in [7, 11) is 0. The summed E-state index contributed by atoms with van der Waals surface area (Å²) in [6.07, 6.45) is 11.5. The maximum Gasteiger partial charge on any atom is 0.133 e. The number of ketones is 1. The van der Waals surface area contributed by atoms with Crippen LogP contribution in [-0.2, 0) is 4.79 Å². The van der Waals surface area contributed by atoms with E-state index in [-0.39, 0.29) is 0 Å². The normalized spacial score (nSPS) is 55.7. The molecule has 23 heavy (non-hydrogen) atoms. The molecule has 4 saturated carbocycles. The Labute approximate surface area is 143 Å². The summed E-state index contributed by atoms with van der Waals surface area (Å²) < 4.78 is 0. The summed E-state index contributed by atoms with van der Waals surface area (Å²) in [6.45, 7) is 9.17. The maximum atomic E-state index is 12.3. The standard InChI is InChI=1S/C22H36O/c1-13-5-7-17-16(11-13)6-8-19-18(17)9-10-22(4)20(19)12-14(2)21(22)15(3)23/h13-14,16-21H,5-12H2,1-4H3. The van der Waals surface area contributed by atoms with Gasteiger partial charge in [-0.1, -0.05) is 27.2 Å². The van der Waals surface area contributed by atoms with Crippen LogP contribution in [0.15, 0.2) is 0 Å². The van der Waals surface area contributed by atoms with Crippen molar-refractivity contribution in [2.75, 3.05) is 0 Å². The van der Waals surface area contributed by atoms with E-state index < -0.39 is 0 Å². The highest BCUT2D eigenvalue weighted by atomic mass is 16.1. The molecule has 0 aromatic carbocycles. The van der Waals surface area contributed by atoms with Crippen molar-refractivity contribution in [3.8, 4) is 0 Å². The average Bonchev–Trinajstić information content (AvgIpc) is 2.77. The zero-order chi connectivity index (χ0) is 16.4. The fraction of sp³-hybridized carbons (Fsp3) is 0.955. The second kappa shape index (κ2) is 5.60. The topological polar surface area (TPSA) is 17.1 Å². The number of Topliss-reactive ketones (excluding diaryl/α,β-unsaturated/α-hetero) is 1. The summed E-state index contributed by atoms with van der Waals surface area (Å²) >= 11 is 0. The molecule has 0 amide bonds. The summed E-state index contributed by atoms with van der Waals surface area (Å²) in [5, 5.41) is 0. The Morgan fingerprint density at radius 2 is 1.65 bits per heavy atom. The van der Waals surface area contributed by atoms with Crippen molar-refractivity contribution < 1.29 is 4.79 Å². The van der Waals surface area contributed by atoms with Crippen molar-refractivity contribution in [2.24, 2.45) is 52.8 Å². The fourth-order valence-electron chi connectivity index (χ4n) is 8.32. The summed E-state index contributed by atoms with van der Waals surface area (Å²) in [5.41, 5.74) is 0.321. The molecule has 0 aromatic heterocycles. The van der Waals surface area contributed by atoms with Crippen LogP contribution in [0.3, 0.4) is 0 Å². The molecule has 0 spiro atoms. The molecule has 0 radical (unpaired) electrons. The number of hydrogen-bond acceptors (Lipinski definition) is 1. The highest BCUT2D eigenvalue weighted by Crippen LogP contribution is 2.65. The zero-order valence-electron chi connectivity index (χ0n) is 15.7. The Morgan fingerprint density at radius 1 is 0.913 bits per heavy atom. The molecule has 1 heteroatoms. The minimum absolute atomic E-state index is 0.321. The molecule has 1 nitrogen and oxygen atoms in total. The van der Waals surface area contributed by atoms with Crippen molar-refractivity contribution in [1.29, 1.82) is 0 Å². The lowest BCUT2D eigenvalue weighted by Gasteiger charge is -2.56. The van der Waals surface area contributed by atoms with E-state index in [0.29, 0.717) is 23.0 Å². The molecule has 130 valence electrons. The molecule has 0 bridgehead atoms. The largest absolute Gasteiger partial charge is 0.300 e. The van der Waals surface area contributed by atoms with E-state index in [1.807, 2.05) is 6.92 Å². The smallest absolute Gasteiger partial charge is 0.133 e. The number of carbonyl (C=O) groups is 1. The van der Waals surface area contributed by atoms with Gasteiger partial charge in [-0.25, -0.2) is 0 Å². The second-order valence-electron chi connectivity index (χ2n) is 10.2. The van der Waals surface area contributed by atoms with Gasteiger partial charge in [-0.05, 0) is 98.7 Å². The first-order chi connectivity index (χ1) is 10.9. The van der Waals surface area contributed by atoms with Gasteiger partial charge in [0.05, 0.1) is 0 Å². The quantitative estimate of drug-likeness (QED) is 0.604. The Morgan fingerprint density at radius 3 is 2.39 bits per heavy atom. The first-order valence-electron chi connectivity index (χ1n) is 10.4. The highest BCUT2D eigenvalue weighted by Gasteiger charge is 2.59. The van der Waals surface area contributed by atoms with E-state index in [2.05, 4.69) is 20.8 Å². The third kappa shape index (κ3) is 2.35. The van der Waals surface area contributed by atoms with E-state index in [1.54, 1.807) is 0 Å². The molecule has 4 fully saturated rings. The van der Waals surface area contributed by atoms with Gasteiger partial charge in [0.15, 0.2) is 0 Å². The number of hydrogen-bond donors (Lipinski definition) is 0. The van der Waals surface area contributed by atoms with Crippen LogP contribution in [0, 0.1) is 52.8 Å². The van der Waals surface area contributed by atoms with Crippen molar-refractivity contribution in [3.05, 3.63) is 0 Å². The number of fused-ring (bicyclic) bond motifs is 5. The first kappa shape index (κ1) is 16.2. The summed E-state index contributed by atoms with van der Waals surface area (Å²) in [4.78, 5) is 12.3. The van der Waals surface area contributed by atoms with Crippen molar-refractivity contribution in [2.45, 2.75) is 79.1 Å². The average molecular weight is 317 g/mol. The van der Waals surface area contributed by atoms with Crippen LogP contribution >= 0.6 is 0 Å². The lowest BCUT2D eigenvalue weighted by Crippen LogP contribution is -2.49. The van der Waals surface area contributed by atoms with Gasteiger partial charge < -0.3 is 0 Å². The molecular formula is C22H36O. The third-order valence-electron chi connectivity index (χ3n) is 9.00. The molecule has 0 aliphatic heterocycles. The van der Waals surface area contributed by atoms with Crippen LogP contribution in [-0.4, -0.2) is 5.78 Å². The number of rotatable bonds is 1. The molecule has 4 rings (SSSR count). The molecule has 0 N–H and O–H groups in total. The van der Waals surface area contributed by atoms with Crippen LogP contribution in [0.2, 0.25) is 0 Å². The van der Waals surface area contributed by atoms with Gasteiger partial charge in [0.2, 0.25) is 0 Å². The van der Waals surface area contributed by atoms with E-state index in [0.717, 1.165) is 35.5 Å². The zero-order valence-corrected chi connectivity index (χ0v) is 15.7. The minimum Gasteiger partial charge on any atom is -0.300 e. The van der Waals surface area contributed by atoms with Crippen LogP contribution in [0.25, 0.3) is 0 Å². The molecular weight excluding hydrogens is 280 g/mol. The van der Waals surface area contributed by atoms with Crippen LogP contribution < -0.4 is 0 Å². The minimum atomic E-state index is 0.321. The van der Waals surface area contributed by atoms with Crippen LogP contribution in [0.4, 0.5) is 0 Å². The van der Waals surface area contributed by atoms with Crippen molar-refractivity contribution in [3.63, 3.8) is 0 Å². The summed E-state index contributed by atoms with van der Waals surface area (Å²) in [6, 6.07) is 0. The van der Waals surface area contributed by atoms with Crippen LogP contribution in [0.5, 0.6) is 0 Å². The Bertz CT molecular complexity index is 482. The Hall–Kier alpha value is -0.330. The monoisotopic (exact) mass is 316 g/mol. The van der Waals surface area contributed by atoms with E-state index >= 15 is 0 Å². The highest BCUT2D eigenvalue weighted by molar-refractivity contribution is 5.80. The Balaban J connectivity index is 1.59. The van der Waals surface area contributed by atoms with Crippen LogP contribution in [0.1, 0.15) is 79.1 Å². The lowest BCUT2D eigenvalue weighted by molar-refractivity contribution is -0.129. The molecule has 9 unspecified atom stereocenters. The molecule has 4 aliphatic carbocycles. The van der Waals surface area contributed by atoms with Gasteiger partial charge in [-0.2, -0.15) is 0 Å². The Kier molecular flexibility index (Phi) is 3.93. The predicted molar refractivity (Wildman–Crippen MR) is 95.0 cm³/mol. The van der Waals surface area contributed by atoms with Gasteiger partial charge in [-0.15, -0.1) is 0 Å². The van der Waals surface area contributed by atoms with E-state index in [9.17, 15) is 4.79 Å². The molecule has 0 aromatic rings. The molecule has 9 atom stereocenters. The van der Waals surface area contributed by atoms with Gasteiger partial charge in [-0.3, -0.25) is 4.79 Å². The summed E-state index contributed by atoms with van der Waals surface area (Å²) in [5.74, 6) is 7.24. The first-order valence-corrected chi connectivity index (χ1v) is 10.4. The fourth-order valence-corrected chi connectivity index (χ4v) is 8.32. The SMILES string of the molecule is CC(=O)C1C(C)CC2C3CCC4CC(C)CCC4C3CCC21C. The van der Waals surface area contributed by atoms with Crippen molar-refractivity contribution >= 4 is 5.78 Å². The van der Waals surface area contributed by atoms with E-state index in [4.69, 9.17) is 0 Å². The van der Waals surface area contributed by atoms with Gasteiger partial charge in [0.25, 0.3) is 0 Å². The molecule has 0 heterocycles. The third-order valence-corrected chi connectivity index (χ3v) is 9.00. The van der Waals surface area contributed by atoms with Crippen molar-refractivity contribution in [1.82, 2.24) is 0 Å². The lowest BCUT2D eigenvalue weighted by atomic mass is 9.49.